The maximum Gasteiger partial charge on any atom is 0.326 e. The average molecular weight is 296 g/mol. The van der Waals surface area contributed by atoms with Crippen molar-refractivity contribution in [1.29, 1.82) is 0 Å². The summed E-state index contributed by atoms with van der Waals surface area (Å²) >= 11 is 0. The summed E-state index contributed by atoms with van der Waals surface area (Å²) in [5.74, 6) is 0.665. The van der Waals surface area contributed by atoms with Crippen LogP contribution in [0.2, 0.25) is 0 Å². The molecule has 0 aromatic rings. The van der Waals surface area contributed by atoms with Crippen LogP contribution >= 0.6 is 0 Å². The van der Waals surface area contributed by atoms with E-state index in [2.05, 4.69) is 24.1 Å². The molecular weight excluding hydrogens is 264 g/mol. The Kier molecular flexibility index (Phi) is 5.67. The Labute approximate surface area is 129 Å². The summed E-state index contributed by atoms with van der Waals surface area (Å²) in [5.41, 5.74) is -0.530. The maximum absolute atomic E-state index is 12.3. The predicted octanol–water partition coefficient (Wildman–Crippen LogP) is 2.57. The highest BCUT2D eigenvalue weighted by Gasteiger charge is 2.40. The van der Waals surface area contributed by atoms with Crippen LogP contribution in [0.4, 0.5) is 0 Å². The van der Waals surface area contributed by atoms with E-state index in [9.17, 15) is 4.79 Å². The number of ether oxygens (including phenoxy) is 1. The molecule has 0 aromatic heterocycles. The van der Waals surface area contributed by atoms with Gasteiger partial charge in [-0.3, -0.25) is 10.1 Å². The molecule has 0 spiro atoms. The molecule has 4 nitrogen and oxygen atoms in total. The number of carbonyl (C=O) groups is 1. The summed E-state index contributed by atoms with van der Waals surface area (Å²) in [7, 11) is 0. The molecule has 122 valence electrons. The minimum absolute atomic E-state index is 0.0883. The third kappa shape index (κ3) is 4.43. The van der Waals surface area contributed by atoms with Gasteiger partial charge in [0.1, 0.15) is 5.54 Å². The summed E-state index contributed by atoms with van der Waals surface area (Å²) in [6.07, 6.45) is 5.81. The second kappa shape index (κ2) is 7.10. The summed E-state index contributed by atoms with van der Waals surface area (Å²) in [5, 5.41) is 3.52. The van der Waals surface area contributed by atoms with Gasteiger partial charge in [0, 0.05) is 18.6 Å². The highest BCUT2D eigenvalue weighted by molar-refractivity contribution is 5.80. The second-order valence-electron chi connectivity index (χ2n) is 7.12. The number of hydrogen-bond acceptors (Lipinski definition) is 4. The molecular formula is C17H32N2O2. The van der Waals surface area contributed by atoms with Crippen molar-refractivity contribution in [3.8, 4) is 0 Å². The fraction of sp³-hybridized carbons (Fsp3) is 0.941. The zero-order chi connectivity index (χ0) is 15.5. The van der Waals surface area contributed by atoms with Crippen molar-refractivity contribution in [1.82, 2.24) is 10.2 Å². The largest absolute Gasteiger partial charge is 0.465 e. The Morgan fingerprint density at radius 2 is 2.05 bits per heavy atom. The number of nitrogens with one attached hydrogen (secondary N) is 1. The first-order valence-electron chi connectivity index (χ1n) is 8.65. The van der Waals surface area contributed by atoms with Gasteiger partial charge in [-0.05, 0) is 65.3 Å². The first kappa shape index (κ1) is 16.8. The second-order valence-corrected chi connectivity index (χ2v) is 7.12. The van der Waals surface area contributed by atoms with E-state index in [0.29, 0.717) is 18.7 Å². The number of likely N-dealkylation sites (tertiary alicyclic amines) is 1. The number of piperidine rings is 1. The van der Waals surface area contributed by atoms with E-state index < -0.39 is 5.54 Å². The van der Waals surface area contributed by atoms with E-state index in [1.807, 2.05) is 13.8 Å². The summed E-state index contributed by atoms with van der Waals surface area (Å²) in [4.78, 5) is 14.9. The zero-order valence-electron chi connectivity index (χ0n) is 14.2. The van der Waals surface area contributed by atoms with Crippen LogP contribution in [0.15, 0.2) is 0 Å². The molecule has 0 amide bonds. The Balaban J connectivity index is 1.92. The molecule has 2 fully saturated rings. The van der Waals surface area contributed by atoms with E-state index in [1.165, 1.54) is 25.7 Å². The van der Waals surface area contributed by atoms with Crippen molar-refractivity contribution in [3.05, 3.63) is 0 Å². The fourth-order valence-electron chi connectivity index (χ4n) is 3.31. The van der Waals surface area contributed by atoms with Gasteiger partial charge in [-0.1, -0.05) is 6.92 Å². The number of rotatable bonds is 7. The summed E-state index contributed by atoms with van der Waals surface area (Å²) < 4.78 is 5.30. The Bertz CT molecular complexity index is 357. The Morgan fingerprint density at radius 3 is 2.67 bits per heavy atom. The van der Waals surface area contributed by atoms with E-state index in [0.717, 1.165) is 25.4 Å². The van der Waals surface area contributed by atoms with Crippen LogP contribution in [0.1, 0.15) is 59.8 Å². The normalized spacial score (nSPS) is 29.9. The number of carbonyl (C=O) groups excluding carboxylic acids is 1. The molecule has 1 saturated heterocycles. The van der Waals surface area contributed by atoms with E-state index in [4.69, 9.17) is 4.74 Å². The third-order valence-corrected chi connectivity index (χ3v) is 5.23. The number of esters is 1. The molecule has 1 saturated carbocycles. The van der Waals surface area contributed by atoms with Crippen LogP contribution in [-0.4, -0.2) is 48.2 Å². The first-order chi connectivity index (χ1) is 9.96. The fourth-order valence-corrected chi connectivity index (χ4v) is 3.31. The van der Waals surface area contributed by atoms with Crippen molar-refractivity contribution >= 4 is 5.97 Å². The number of hydrogen-bond donors (Lipinski definition) is 1. The van der Waals surface area contributed by atoms with E-state index in [1.54, 1.807) is 0 Å². The van der Waals surface area contributed by atoms with Crippen LogP contribution in [-0.2, 0) is 9.53 Å². The lowest BCUT2D eigenvalue weighted by molar-refractivity contribution is -0.151. The van der Waals surface area contributed by atoms with Gasteiger partial charge in [0.05, 0.1) is 6.61 Å². The third-order valence-electron chi connectivity index (χ3n) is 5.23. The highest BCUT2D eigenvalue weighted by atomic mass is 16.5. The molecule has 0 aromatic carbocycles. The van der Waals surface area contributed by atoms with Gasteiger partial charge in [0.15, 0.2) is 0 Å². The van der Waals surface area contributed by atoms with Crippen molar-refractivity contribution in [2.24, 2.45) is 5.92 Å². The highest BCUT2D eigenvalue weighted by Crippen LogP contribution is 2.27. The van der Waals surface area contributed by atoms with Crippen molar-refractivity contribution < 1.29 is 9.53 Å². The van der Waals surface area contributed by atoms with Gasteiger partial charge in [-0.15, -0.1) is 0 Å². The molecule has 2 rings (SSSR count). The van der Waals surface area contributed by atoms with Crippen LogP contribution in [0.3, 0.4) is 0 Å². The van der Waals surface area contributed by atoms with Crippen LogP contribution in [0.25, 0.3) is 0 Å². The SMILES string of the molecule is CCOC(=O)C(C)(CCN1CCCC(C)C1C)NC1CC1. The van der Waals surface area contributed by atoms with Gasteiger partial charge in [0.2, 0.25) is 0 Å². The number of nitrogens with zero attached hydrogens (tertiary/aromatic N) is 1. The van der Waals surface area contributed by atoms with Gasteiger partial charge < -0.3 is 9.64 Å². The van der Waals surface area contributed by atoms with Crippen molar-refractivity contribution in [2.45, 2.75) is 77.4 Å². The lowest BCUT2D eigenvalue weighted by atomic mass is 9.90. The van der Waals surface area contributed by atoms with Crippen molar-refractivity contribution in [3.63, 3.8) is 0 Å². The molecule has 3 atom stereocenters. The minimum Gasteiger partial charge on any atom is -0.465 e. The predicted molar refractivity (Wildman–Crippen MR) is 85.2 cm³/mol. The summed E-state index contributed by atoms with van der Waals surface area (Å²) in [6, 6.07) is 1.13. The molecule has 1 heterocycles. The molecule has 1 aliphatic heterocycles. The molecule has 0 bridgehead atoms. The standard InChI is InChI=1S/C17H32N2O2/c1-5-21-16(20)17(4,18-15-8-9-15)10-12-19-11-6-7-13(2)14(19)3/h13-15,18H,5-12H2,1-4H3. The Hall–Kier alpha value is -0.610. The van der Waals surface area contributed by atoms with Crippen LogP contribution in [0, 0.1) is 5.92 Å². The molecule has 3 unspecified atom stereocenters. The lowest BCUT2D eigenvalue weighted by Gasteiger charge is -2.40. The average Bonchev–Trinajstić information content (AvgIpc) is 3.24. The topological polar surface area (TPSA) is 41.6 Å². The zero-order valence-corrected chi connectivity index (χ0v) is 14.2. The molecule has 1 aliphatic carbocycles. The quantitative estimate of drug-likeness (QED) is 0.733. The lowest BCUT2D eigenvalue weighted by Crippen LogP contribution is -2.54. The van der Waals surface area contributed by atoms with Gasteiger partial charge >= 0.3 is 5.97 Å². The monoisotopic (exact) mass is 296 g/mol. The summed E-state index contributed by atoms with van der Waals surface area (Å²) in [6.45, 7) is 11.1. The Morgan fingerprint density at radius 1 is 1.33 bits per heavy atom. The molecule has 2 aliphatic rings. The smallest absolute Gasteiger partial charge is 0.326 e. The maximum atomic E-state index is 12.3. The molecule has 0 radical (unpaired) electrons. The van der Waals surface area contributed by atoms with E-state index in [-0.39, 0.29) is 5.97 Å². The van der Waals surface area contributed by atoms with Gasteiger partial charge in [0.25, 0.3) is 0 Å². The van der Waals surface area contributed by atoms with Crippen LogP contribution < -0.4 is 5.32 Å². The molecule has 4 heteroatoms. The van der Waals surface area contributed by atoms with Crippen molar-refractivity contribution in [2.75, 3.05) is 19.7 Å². The van der Waals surface area contributed by atoms with Gasteiger partial charge in [-0.2, -0.15) is 0 Å². The first-order valence-corrected chi connectivity index (χ1v) is 8.65. The molecule has 21 heavy (non-hydrogen) atoms. The molecule has 1 N–H and O–H groups in total. The van der Waals surface area contributed by atoms with E-state index >= 15 is 0 Å². The van der Waals surface area contributed by atoms with Crippen LogP contribution in [0.5, 0.6) is 0 Å². The van der Waals surface area contributed by atoms with Gasteiger partial charge in [-0.25, -0.2) is 0 Å². The minimum atomic E-state index is -0.530.